The SMILES string of the molecule is Cc1cccc(C(CBr)Cc2cccc(F)c2Br)c1. The normalized spacial score (nSPS) is 12.4. The molecule has 0 radical (unpaired) electrons. The zero-order chi connectivity index (χ0) is 13.8. The van der Waals surface area contributed by atoms with E-state index in [0.29, 0.717) is 10.4 Å². The van der Waals surface area contributed by atoms with Crippen LogP contribution in [0.5, 0.6) is 0 Å². The first kappa shape index (κ1) is 14.7. The van der Waals surface area contributed by atoms with Gasteiger partial charge in [-0.25, -0.2) is 4.39 Å². The fourth-order valence-corrected chi connectivity index (χ4v) is 3.19. The molecule has 0 saturated carbocycles. The van der Waals surface area contributed by atoms with Gasteiger partial charge in [0.05, 0.1) is 4.47 Å². The summed E-state index contributed by atoms with van der Waals surface area (Å²) in [5.74, 6) is 0.146. The maximum Gasteiger partial charge on any atom is 0.137 e. The summed E-state index contributed by atoms with van der Waals surface area (Å²) in [7, 11) is 0. The minimum absolute atomic E-state index is 0.199. The summed E-state index contributed by atoms with van der Waals surface area (Å²) in [5.41, 5.74) is 3.54. The zero-order valence-electron chi connectivity index (χ0n) is 10.7. The molecule has 1 atom stereocenters. The average Bonchev–Trinajstić information content (AvgIpc) is 2.40. The number of halogens is 3. The second-order valence-corrected chi connectivity index (χ2v) is 6.12. The molecule has 0 saturated heterocycles. The molecule has 0 N–H and O–H groups in total. The molecular weight excluding hydrogens is 371 g/mol. The van der Waals surface area contributed by atoms with E-state index in [1.165, 1.54) is 17.2 Å². The van der Waals surface area contributed by atoms with Crippen LogP contribution in [0.25, 0.3) is 0 Å². The van der Waals surface area contributed by atoms with E-state index < -0.39 is 0 Å². The summed E-state index contributed by atoms with van der Waals surface area (Å²) in [6.45, 7) is 2.09. The first-order valence-corrected chi connectivity index (χ1v) is 8.08. The largest absolute Gasteiger partial charge is 0.206 e. The molecule has 3 heteroatoms. The van der Waals surface area contributed by atoms with Gasteiger partial charge in [0.2, 0.25) is 0 Å². The first-order valence-electron chi connectivity index (χ1n) is 6.17. The quantitative estimate of drug-likeness (QED) is 0.599. The Bertz CT molecular complexity index is 566. The molecule has 0 aliphatic carbocycles. The predicted molar refractivity (Wildman–Crippen MR) is 85.5 cm³/mol. The highest BCUT2D eigenvalue weighted by Crippen LogP contribution is 2.28. The van der Waals surface area contributed by atoms with Crippen molar-refractivity contribution in [3.63, 3.8) is 0 Å². The average molecular weight is 386 g/mol. The lowest BCUT2D eigenvalue weighted by atomic mass is 9.93. The minimum atomic E-state index is -0.199. The van der Waals surface area contributed by atoms with Gasteiger partial charge in [0.1, 0.15) is 5.82 Å². The smallest absolute Gasteiger partial charge is 0.137 e. The second-order valence-electron chi connectivity index (χ2n) is 4.68. The lowest BCUT2D eigenvalue weighted by Gasteiger charge is -2.16. The summed E-state index contributed by atoms with van der Waals surface area (Å²) in [6.07, 6.45) is 0.813. The Balaban J connectivity index is 2.26. The maximum atomic E-state index is 13.5. The van der Waals surface area contributed by atoms with Crippen LogP contribution in [0.15, 0.2) is 46.9 Å². The standard InChI is InChI=1S/C16H15Br2F/c1-11-4-2-5-12(8-11)14(10-17)9-13-6-3-7-15(19)16(13)18/h2-8,14H,9-10H2,1H3. The van der Waals surface area contributed by atoms with Crippen molar-refractivity contribution >= 4 is 31.9 Å². The molecule has 0 aromatic heterocycles. The summed E-state index contributed by atoms with van der Waals surface area (Å²) in [4.78, 5) is 0. The van der Waals surface area contributed by atoms with Crippen LogP contribution in [0.1, 0.15) is 22.6 Å². The van der Waals surface area contributed by atoms with Crippen molar-refractivity contribution in [2.45, 2.75) is 19.3 Å². The predicted octanol–water partition coefficient (Wildman–Crippen LogP) is 5.62. The van der Waals surface area contributed by atoms with Crippen LogP contribution < -0.4 is 0 Å². The minimum Gasteiger partial charge on any atom is -0.206 e. The summed E-state index contributed by atoms with van der Waals surface area (Å²) in [6, 6.07) is 13.7. The Kier molecular flexibility index (Phi) is 5.17. The molecule has 100 valence electrons. The van der Waals surface area contributed by atoms with Gasteiger partial charge in [-0.05, 0) is 52.4 Å². The highest BCUT2D eigenvalue weighted by Gasteiger charge is 2.14. The van der Waals surface area contributed by atoms with E-state index in [0.717, 1.165) is 17.3 Å². The topological polar surface area (TPSA) is 0 Å². The molecule has 0 fully saturated rings. The molecule has 0 bridgehead atoms. The van der Waals surface area contributed by atoms with Gasteiger partial charge in [0.25, 0.3) is 0 Å². The Morgan fingerprint density at radius 1 is 1.16 bits per heavy atom. The van der Waals surface area contributed by atoms with E-state index in [1.807, 2.05) is 6.07 Å². The van der Waals surface area contributed by atoms with Crippen LogP contribution in [0.3, 0.4) is 0 Å². The molecule has 2 aromatic carbocycles. The van der Waals surface area contributed by atoms with E-state index in [1.54, 1.807) is 6.07 Å². The molecule has 1 unspecified atom stereocenters. The summed E-state index contributed by atoms with van der Waals surface area (Å²) >= 11 is 6.90. The second kappa shape index (κ2) is 6.67. The highest BCUT2D eigenvalue weighted by molar-refractivity contribution is 9.10. The fraction of sp³-hybridized carbons (Fsp3) is 0.250. The fourth-order valence-electron chi connectivity index (χ4n) is 2.16. The van der Waals surface area contributed by atoms with Gasteiger partial charge >= 0.3 is 0 Å². The van der Waals surface area contributed by atoms with Gasteiger partial charge in [-0.2, -0.15) is 0 Å². The van der Waals surface area contributed by atoms with Crippen LogP contribution in [0.2, 0.25) is 0 Å². The molecule has 0 spiro atoms. The van der Waals surface area contributed by atoms with Crippen LogP contribution in [0.4, 0.5) is 4.39 Å². The molecule has 0 nitrogen and oxygen atoms in total. The molecule has 2 aromatic rings. The number of benzene rings is 2. The highest BCUT2D eigenvalue weighted by atomic mass is 79.9. The Labute approximate surface area is 130 Å². The van der Waals surface area contributed by atoms with Gasteiger partial charge < -0.3 is 0 Å². The van der Waals surface area contributed by atoms with Crippen molar-refractivity contribution in [1.29, 1.82) is 0 Å². The molecule has 0 aliphatic rings. The van der Waals surface area contributed by atoms with Crippen molar-refractivity contribution < 1.29 is 4.39 Å². The maximum absolute atomic E-state index is 13.5. The van der Waals surface area contributed by atoms with E-state index in [2.05, 4.69) is 63.0 Å². The van der Waals surface area contributed by atoms with E-state index in [-0.39, 0.29) is 5.82 Å². The van der Waals surface area contributed by atoms with Crippen LogP contribution in [0, 0.1) is 12.7 Å². The number of alkyl halides is 1. The molecule has 19 heavy (non-hydrogen) atoms. The van der Waals surface area contributed by atoms with Crippen molar-refractivity contribution in [2.75, 3.05) is 5.33 Å². The zero-order valence-corrected chi connectivity index (χ0v) is 13.8. The van der Waals surface area contributed by atoms with Crippen molar-refractivity contribution in [3.05, 3.63) is 69.4 Å². The van der Waals surface area contributed by atoms with Gasteiger partial charge in [-0.1, -0.05) is 57.9 Å². The first-order chi connectivity index (χ1) is 9.11. The van der Waals surface area contributed by atoms with E-state index in [9.17, 15) is 4.39 Å². The summed E-state index contributed by atoms with van der Waals surface area (Å²) in [5, 5.41) is 0.861. The van der Waals surface area contributed by atoms with Crippen LogP contribution >= 0.6 is 31.9 Å². The molecule has 0 heterocycles. The Morgan fingerprint density at radius 2 is 1.89 bits per heavy atom. The summed E-state index contributed by atoms with van der Waals surface area (Å²) < 4.78 is 14.1. The number of aryl methyl sites for hydroxylation is 1. The van der Waals surface area contributed by atoms with Crippen molar-refractivity contribution in [3.8, 4) is 0 Å². The van der Waals surface area contributed by atoms with Gasteiger partial charge in [-0.15, -0.1) is 0 Å². The van der Waals surface area contributed by atoms with Crippen molar-refractivity contribution in [1.82, 2.24) is 0 Å². The lowest BCUT2D eigenvalue weighted by Crippen LogP contribution is -2.05. The lowest BCUT2D eigenvalue weighted by molar-refractivity contribution is 0.616. The monoisotopic (exact) mass is 384 g/mol. The van der Waals surface area contributed by atoms with Crippen LogP contribution in [-0.2, 0) is 6.42 Å². The number of hydrogen-bond donors (Lipinski definition) is 0. The molecule has 0 aliphatic heterocycles. The van der Waals surface area contributed by atoms with E-state index >= 15 is 0 Å². The Morgan fingerprint density at radius 3 is 2.58 bits per heavy atom. The van der Waals surface area contributed by atoms with Crippen molar-refractivity contribution in [2.24, 2.45) is 0 Å². The molecule has 0 amide bonds. The molecule has 2 rings (SSSR count). The Hall–Kier alpha value is -0.670. The van der Waals surface area contributed by atoms with E-state index in [4.69, 9.17) is 0 Å². The third-order valence-corrected chi connectivity index (χ3v) is 4.87. The van der Waals surface area contributed by atoms with Gasteiger partial charge in [0, 0.05) is 5.33 Å². The van der Waals surface area contributed by atoms with Crippen LogP contribution in [-0.4, -0.2) is 5.33 Å². The van der Waals surface area contributed by atoms with Gasteiger partial charge in [-0.3, -0.25) is 0 Å². The number of rotatable bonds is 4. The molecular formula is C16H15Br2F. The third-order valence-electron chi connectivity index (χ3n) is 3.20. The number of hydrogen-bond acceptors (Lipinski definition) is 0. The third kappa shape index (κ3) is 3.67. The van der Waals surface area contributed by atoms with Gasteiger partial charge in [0.15, 0.2) is 0 Å².